The lowest BCUT2D eigenvalue weighted by atomic mass is 10.0. The van der Waals surface area contributed by atoms with E-state index in [2.05, 4.69) is 33.7 Å². The molecule has 4 nitrogen and oxygen atoms in total. The number of nitrogens with one attached hydrogen (secondary N) is 1. The van der Waals surface area contributed by atoms with Gasteiger partial charge >= 0.3 is 0 Å². The zero-order chi connectivity index (χ0) is 14.1. The standard InChI is InChI=1S/C16H19N3OS/c1-2-6-11(5-1)21-10-15-18-16(20-19-15)13-9-17-14-8-4-3-7-12(13)14/h3-4,7-8,11,13,17H,1-2,5-6,9-10H2. The predicted octanol–water partition coefficient (Wildman–Crippen LogP) is 3.80. The van der Waals surface area contributed by atoms with Crippen LogP contribution in [0.15, 0.2) is 28.8 Å². The Morgan fingerprint density at radius 3 is 3.00 bits per heavy atom. The van der Waals surface area contributed by atoms with E-state index in [1.807, 2.05) is 17.8 Å². The van der Waals surface area contributed by atoms with E-state index in [9.17, 15) is 0 Å². The number of rotatable bonds is 4. The second-order valence-electron chi connectivity index (χ2n) is 5.79. The highest BCUT2D eigenvalue weighted by atomic mass is 32.2. The van der Waals surface area contributed by atoms with Crippen molar-refractivity contribution in [3.05, 3.63) is 41.5 Å². The van der Waals surface area contributed by atoms with Crippen molar-refractivity contribution in [2.75, 3.05) is 11.9 Å². The quantitative estimate of drug-likeness (QED) is 0.930. The van der Waals surface area contributed by atoms with E-state index in [0.717, 1.165) is 29.3 Å². The molecule has 1 aromatic heterocycles. The second-order valence-corrected chi connectivity index (χ2v) is 7.08. The van der Waals surface area contributed by atoms with Gasteiger partial charge in [-0.05, 0) is 24.5 Å². The van der Waals surface area contributed by atoms with Gasteiger partial charge in [0.1, 0.15) is 0 Å². The summed E-state index contributed by atoms with van der Waals surface area (Å²) >= 11 is 1.98. The smallest absolute Gasteiger partial charge is 0.236 e. The second kappa shape index (κ2) is 5.72. The number of hydrogen-bond acceptors (Lipinski definition) is 5. The first-order valence-electron chi connectivity index (χ1n) is 7.67. The van der Waals surface area contributed by atoms with Crippen molar-refractivity contribution in [1.29, 1.82) is 0 Å². The van der Waals surface area contributed by atoms with Crippen molar-refractivity contribution in [3.63, 3.8) is 0 Å². The van der Waals surface area contributed by atoms with Crippen molar-refractivity contribution in [2.24, 2.45) is 0 Å². The van der Waals surface area contributed by atoms with Crippen molar-refractivity contribution >= 4 is 17.4 Å². The molecule has 1 N–H and O–H groups in total. The Kier molecular flexibility index (Phi) is 3.59. The fourth-order valence-electron chi connectivity index (χ4n) is 3.22. The molecule has 1 saturated carbocycles. The summed E-state index contributed by atoms with van der Waals surface area (Å²) in [6.07, 6.45) is 5.43. The summed E-state index contributed by atoms with van der Waals surface area (Å²) in [5.74, 6) is 2.65. The molecule has 0 amide bonds. The number of aromatic nitrogens is 2. The summed E-state index contributed by atoms with van der Waals surface area (Å²) in [6.45, 7) is 0.844. The van der Waals surface area contributed by atoms with Gasteiger partial charge in [0.15, 0.2) is 5.82 Å². The van der Waals surface area contributed by atoms with Crippen molar-refractivity contribution in [2.45, 2.75) is 42.6 Å². The molecule has 0 radical (unpaired) electrons. The molecule has 110 valence electrons. The maximum atomic E-state index is 5.51. The van der Waals surface area contributed by atoms with Gasteiger partial charge in [0.2, 0.25) is 5.89 Å². The summed E-state index contributed by atoms with van der Waals surface area (Å²) in [5.41, 5.74) is 2.44. The molecule has 2 aromatic rings. The molecule has 5 heteroatoms. The lowest BCUT2D eigenvalue weighted by Crippen LogP contribution is -2.04. The first kappa shape index (κ1) is 13.2. The number of fused-ring (bicyclic) bond motifs is 1. The molecule has 2 heterocycles. The Balaban J connectivity index is 1.45. The Bertz CT molecular complexity index is 621. The van der Waals surface area contributed by atoms with E-state index in [4.69, 9.17) is 4.52 Å². The van der Waals surface area contributed by atoms with Gasteiger partial charge < -0.3 is 9.84 Å². The van der Waals surface area contributed by atoms with E-state index in [1.165, 1.54) is 36.9 Å². The van der Waals surface area contributed by atoms with Crippen LogP contribution in [0.2, 0.25) is 0 Å². The largest absolute Gasteiger partial charge is 0.384 e. The number of para-hydroxylation sites is 1. The van der Waals surface area contributed by atoms with Crippen LogP contribution < -0.4 is 5.32 Å². The third-order valence-corrected chi connectivity index (χ3v) is 5.73. The number of thioether (sulfide) groups is 1. The van der Waals surface area contributed by atoms with Crippen LogP contribution in [0.5, 0.6) is 0 Å². The predicted molar refractivity (Wildman–Crippen MR) is 84.6 cm³/mol. The molecule has 1 aliphatic heterocycles. The fourth-order valence-corrected chi connectivity index (χ4v) is 4.39. The summed E-state index contributed by atoms with van der Waals surface area (Å²) in [6, 6.07) is 8.34. The molecular weight excluding hydrogens is 282 g/mol. The highest BCUT2D eigenvalue weighted by molar-refractivity contribution is 7.99. The van der Waals surface area contributed by atoms with Gasteiger partial charge in [-0.1, -0.05) is 36.2 Å². The van der Waals surface area contributed by atoms with E-state index < -0.39 is 0 Å². The van der Waals surface area contributed by atoms with Gasteiger partial charge in [-0.15, -0.1) is 0 Å². The average Bonchev–Trinajstić information content (AvgIpc) is 3.25. The topological polar surface area (TPSA) is 51.0 Å². The Hall–Kier alpha value is -1.49. The monoisotopic (exact) mass is 301 g/mol. The van der Waals surface area contributed by atoms with Crippen LogP contribution in [-0.2, 0) is 5.75 Å². The maximum Gasteiger partial charge on any atom is 0.236 e. The third-order valence-electron chi connectivity index (χ3n) is 4.37. The molecule has 2 aliphatic rings. The minimum absolute atomic E-state index is 0.193. The van der Waals surface area contributed by atoms with Crippen LogP contribution in [0.1, 0.15) is 48.9 Å². The molecule has 1 fully saturated rings. The maximum absolute atomic E-state index is 5.51. The highest BCUT2D eigenvalue weighted by Gasteiger charge is 2.28. The average molecular weight is 301 g/mol. The SMILES string of the molecule is c1ccc2c(c1)NCC2c1nc(CSC2CCCC2)no1. The zero-order valence-electron chi connectivity index (χ0n) is 11.9. The molecule has 21 heavy (non-hydrogen) atoms. The van der Waals surface area contributed by atoms with Crippen LogP contribution in [0.4, 0.5) is 5.69 Å². The van der Waals surface area contributed by atoms with Gasteiger partial charge in [-0.3, -0.25) is 0 Å². The Labute approximate surface area is 128 Å². The lowest BCUT2D eigenvalue weighted by Gasteiger charge is -2.05. The summed E-state index contributed by atoms with van der Waals surface area (Å²) in [5, 5.41) is 8.35. The van der Waals surface area contributed by atoms with Crippen LogP contribution in [0.25, 0.3) is 0 Å². The minimum atomic E-state index is 0.193. The molecule has 1 aromatic carbocycles. The van der Waals surface area contributed by atoms with Crippen LogP contribution in [0.3, 0.4) is 0 Å². The summed E-state index contributed by atoms with van der Waals surface area (Å²) < 4.78 is 5.51. The molecule has 0 saturated heterocycles. The summed E-state index contributed by atoms with van der Waals surface area (Å²) in [7, 11) is 0. The Morgan fingerprint density at radius 2 is 2.10 bits per heavy atom. The molecular formula is C16H19N3OS. The first-order valence-corrected chi connectivity index (χ1v) is 8.72. The van der Waals surface area contributed by atoms with Gasteiger partial charge in [0.25, 0.3) is 0 Å². The van der Waals surface area contributed by atoms with Crippen LogP contribution in [-0.4, -0.2) is 21.9 Å². The normalized spacial score (nSPS) is 21.4. The first-order chi connectivity index (χ1) is 10.4. The van der Waals surface area contributed by atoms with Crippen molar-refractivity contribution in [1.82, 2.24) is 10.1 Å². The van der Waals surface area contributed by atoms with Gasteiger partial charge in [-0.25, -0.2) is 0 Å². The van der Waals surface area contributed by atoms with Crippen molar-refractivity contribution < 1.29 is 4.52 Å². The molecule has 0 spiro atoms. The third kappa shape index (κ3) is 2.67. The zero-order valence-corrected chi connectivity index (χ0v) is 12.7. The van der Waals surface area contributed by atoms with E-state index in [-0.39, 0.29) is 5.92 Å². The van der Waals surface area contributed by atoms with E-state index >= 15 is 0 Å². The molecule has 1 atom stereocenters. The summed E-state index contributed by atoms with van der Waals surface area (Å²) in [4.78, 5) is 4.61. The molecule has 4 rings (SSSR count). The van der Waals surface area contributed by atoms with E-state index in [1.54, 1.807) is 0 Å². The fraction of sp³-hybridized carbons (Fsp3) is 0.500. The number of hydrogen-bond donors (Lipinski definition) is 1. The van der Waals surface area contributed by atoms with Gasteiger partial charge in [0.05, 0.1) is 11.7 Å². The Morgan fingerprint density at radius 1 is 1.24 bits per heavy atom. The number of anilines is 1. The van der Waals surface area contributed by atoms with Gasteiger partial charge in [-0.2, -0.15) is 16.7 Å². The van der Waals surface area contributed by atoms with E-state index in [0.29, 0.717) is 0 Å². The number of benzene rings is 1. The highest BCUT2D eigenvalue weighted by Crippen LogP contribution is 2.35. The minimum Gasteiger partial charge on any atom is -0.384 e. The lowest BCUT2D eigenvalue weighted by molar-refractivity contribution is 0.366. The van der Waals surface area contributed by atoms with Gasteiger partial charge in [0, 0.05) is 17.5 Å². The molecule has 1 aliphatic carbocycles. The molecule has 1 unspecified atom stereocenters. The van der Waals surface area contributed by atoms with Crippen molar-refractivity contribution in [3.8, 4) is 0 Å². The number of nitrogens with zero attached hydrogens (tertiary/aromatic N) is 2. The molecule has 0 bridgehead atoms. The van der Waals surface area contributed by atoms with Crippen LogP contribution in [0, 0.1) is 0 Å². The van der Waals surface area contributed by atoms with Crippen LogP contribution >= 0.6 is 11.8 Å².